The molecular formula is C20H30FIN6O. The number of amides is 1. The quantitative estimate of drug-likeness (QED) is 0.229. The molecule has 0 radical (unpaired) electrons. The number of carbonyl (C=O) groups excluding carboxylic acids is 1. The maximum atomic E-state index is 13.6. The van der Waals surface area contributed by atoms with Crippen molar-refractivity contribution < 1.29 is 9.18 Å². The van der Waals surface area contributed by atoms with Crippen molar-refractivity contribution in [3.8, 4) is 0 Å². The van der Waals surface area contributed by atoms with E-state index in [2.05, 4.69) is 26.0 Å². The van der Waals surface area contributed by atoms with Gasteiger partial charge in [-0.15, -0.1) is 24.0 Å². The second kappa shape index (κ2) is 11.7. The third-order valence-electron chi connectivity index (χ3n) is 4.54. The lowest BCUT2D eigenvalue weighted by atomic mass is 10.1. The normalized spacial score (nSPS) is 11.0. The summed E-state index contributed by atoms with van der Waals surface area (Å²) in [5.41, 5.74) is 4.00. The number of hydrogen-bond donors (Lipinski definition) is 3. The molecule has 0 saturated heterocycles. The fourth-order valence-corrected chi connectivity index (χ4v) is 2.74. The van der Waals surface area contributed by atoms with Gasteiger partial charge < -0.3 is 16.0 Å². The van der Waals surface area contributed by atoms with Crippen LogP contribution in [0.5, 0.6) is 0 Å². The van der Waals surface area contributed by atoms with Crippen LogP contribution in [0.3, 0.4) is 0 Å². The van der Waals surface area contributed by atoms with Crippen molar-refractivity contribution in [1.82, 2.24) is 25.7 Å². The Morgan fingerprint density at radius 3 is 2.45 bits per heavy atom. The van der Waals surface area contributed by atoms with E-state index in [0.29, 0.717) is 36.7 Å². The van der Waals surface area contributed by atoms with Crippen LogP contribution in [0, 0.1) is 26.6 Å². The molecule has 1 aromatic carbocycles. The molecule has 0 saturated carbocycles. The van der Waals surface area contributed by atoms with E-state index < -0.39 is 0 Å². The van der Waals surface area contributed by atoms with E-state index in [4.69, 9.17) is 0 Å². The minimum absolute atomic E-state index is 0. The number of hydrogen-bond acceptors (Lipinski definition) is 3. The van der Waals surface area contributed by atoms with Crippen LogP contribution in [0.25, 0.3) is 0 Å². The van der Waals surface area contributed by atoms with Crippen molar-refractivity contribution in [3.05, 3.63) is 52.1 Å². The van der Waals surface area contributed by atoms with E-state index in [9.17, 15) is 9.18 Å². The molecular weight excluding hydrogens is 486 g/mol. The molecule has 0 aliphatic rings. The molecule has 0 fully saturated rings. The van der Waals surface area contributed by atoms with Crippen molar-refractivity contribution in [2.24, 2.45) is 12.0 Å². The van der Waals surface area contributed by atoms with Crippen molar-refractivity contribution >= 4 is 35.8 Å². The van der Waals surface area contributed by atoms with E-state index in [1.165, 1.54) is 6.07 Å². The Hall–Kier alpha value is -2.17. The molecule has 3 N–H and O–H groups in total. The van der Waals surface area contributed by atoms with Gasteiger partial charge in [0.05, 0.1) is 12.2 Å². The molecule has 1 heterocycles. The molecule has 160 valence electrons. The summed E-state index contributed by atoms with van der Waals surface area (Å²) >= 11 is 0. The Morgan fingerprint density at radius 2 is 1.86 bits per heavy atom. The lowest BCUT2D eigenvalue weighted by molar-refractivity contribution is 0.0954. The van der Waals surface area contributed by atoms with Gasteiger partial charge in [-0.2, -0.15) is 5.10 Å². The highest BCUT2D eigenvalue weighted by Gasteiger charge is 2.10. The highest BCUT2D eigenvalue weighted by molar-refractivity contribution is 14.0. The molecule has 29 heavy (non-hydrogen) atoms. The van der Waals surface area contributed by atoms with Gasteiger partial charge >= 0.3 is 0 Å². The number of nitrogens with zero attached hydrogens (tertiary/aromatic N) is 3. The first-order valence-electron chi connectivity index (χ1n) is 9.39. The van der Waals surface area contributed by atoms with Crippen LogP contribution < -0.4 is 16.0 Å². The zero-order chi connectivity index (χ0) is 20.7. The molecule has 0 aliphatic carbocycles. The molecule has 9 heteroatoms. The molecule has 1 amide bonds. The molecule has 0 aliphatic heterocycles. The maximum Gasteiger partial charge on any atom is 0.251 e. The number of carbonyl (C=O) groups is 1. The van der Waals surface area contributed by atoms with Gasteiger partial charge in [0, 0.05) is 43.5 Å². The number of nitrogens with one attached hydrogen (secondary N) is 3. The van der Waals surface area contributed by atoms with Crippen molar-refractivity contribution in [1.29, 1.82) is 0 Å². The van der Waals surface area contributed by atoms with E-state index >= 15 is 0 Å². The summed E-state index contributed by atoms with van der Waals surface area (Å²) in [7, 11) is 1.92. The van der Waals surface area contributed by atoms with Gasteiger partial charge in [0.25, 0.3) is 5.91 Å². The van der Waals surface area contributed by atoms with Crippen LogP contribution in [0.2, 0.25) is 0 Å². The number of halogens is 2. The number of aliphatic imine (C=N–C) groups is 1. The molecule has 0 spiro atoms. The molecule has 0 unspecified atom stereocenters. The highest BCUT2D eigenvalue weighted by Crippen LogP contribution is 2.12. The van der Waals surface area contributed by atoms with Crippen LogP contribution in [-0.4, -0.2) is 41.3 Å². The predicted octanol–water partition coefficient (Wildman–Crippen LogP) is 2.59. The Balaban J connectivity index is 0.00000420. The Morgan fingerprint density at radius 1 is 1.17 bits per heavy atom. The van der Waals surface area contributed by atoms with E-state index in [0.717, 1.165) is 23.5 Å². The highest BCUT2D eigenvalue weighted by atomic mass is 127. The lowest BCUT2D eigenvalue weighted by Gasteiger charge is -2.12. The second-order valence-corrected chi connectivity index (χ2v) is 6.61. The first-order valence-corrected chi connectivity index (χ1v) is 9.39. The smallest absolute Gasteiger partial charge is 0.251 e. The van der Waals surface area contributed by atoms with Crippen molar-refractivity contribution in [2.45, 2.75) is 34.2 Å². The standard InChI is InChI=1S/C20H29FN6O.HI/c1-6-22-20(25-12-17-14(3)26-27(5)15(17)4)24-10-9-23-19(28)16-8-7-13(2)18(21)11-16;/h7-8,11H,6,9-10,12H2,1-5H3,(H,23,28)(H2,22,24,25);1H. The van der Waals surface area contributed by atoms with Gasteiger partial charge in [-0.05, 0) is 45.4 Å². The molecule has 0 atom stereocenters. The Kier molecular flexibility index (Phi) is 10.1. The first kappa shape index (κ1) is 24.9. The SMILES string of the molecule is CCNC(=NCc1c(C)nn(C)c1C)NCCNC(=O)c1ccc(C)c(F)c1.I. The molecule has 2 rings (SSSR count). The number of guanidine groups is 1. The van der Waals surface area contributed by atoms with Crippen molar-refractivity contribution in [3.63, 3.8) is 0 Å². The summed E-state index contributed by atoms with van der Waals surface area (Å²) in [6, 6.07) is 4.47. The third-order valence-corrected chi connectivity index (χ3v) is 4.54. The summed E-state index contributed by atoms with van der Waals surface area (Å²) in [6.45, 7) is 9.79. The number of aromatic nitrogens is 2. The van der Waals surface area contributed by atoms with Crippen LogP contribution >= 0.6 is 24.0 Å². The topological polar surface area (TPSA) is 83.3 Å². The summed E-state index contributed by atoms with van der Waals surface area (Å²) in [6.07, 6.45) is 0. The van der Waals surface area contributed by atoms with E-state index in [1.54, 1.807) is 19.1 Å². The van der Waals surface area contributed by atoms with Gasteiger partial charge in [0.15, 0.2) is 5.96 Å². The Bertz CT molecular complexity index is 865. The first-order chi connectivity index (χ1) is 13.3. The van der Waals surface area contributed by atoms with Gasteiger partial charge in [-0.1, -0.05) is 6.07 Å². The zero-order valence-electron chi connectivity index (χ0n) is 17.6. The molecule has 7 nitrogen and oxygen atoms in total. The Labute approximate surface area is 188 Å². The minimum atomic E-state index is -0.381. The van der Waals surface area contributed by atoms with Crippen molar-refractivity contribution in [2.75, 3.05) is 19.6 Å². The third kappa shape index (κ3) is 6.98. The maximum absolute atomic E-state index is 13.6. The van der Waals surface area contributed by atoms with Gasteiger partial charge in [-0.3, -0.25) is 9.48 Å². The summed E-state index contributed by atoms with van der Waals surface area (Å²) in [5, 5.41) is 13.5. The van der Waals surface area contributed by atoms with Gasteiger partial charge in [-0.25, -0.2) is 9.38 Å². The number of benzene rings is 1. The average Bonchev–Trinajstić information content (AvgIpc) is 2.90. The van der Waals surface area contributed by atoms with Gasteiger partial charge in [0.2, 0.25) is 0 Å². The molecule has 2 aromatic rings. The number of rotatable bonds is 7. The predicted molar refractivity (Wildman–Crippen MR) is 124 cm³/mol. The lowest BCUT2D eigenvalue weighted by Crippen LogP contribution is -2.41. The molecule has 0 bridgehead atoms. The molecule has 1 aromatic heterocycles. The zero-order valence-corrected chi connectivity index (χ0v) is 19.9. The average molecular weight is 516 g/mol. The summed E-state index contributed by atoms with van der Waals surface area (Å²) in [5.74, 6) is -0.0154. The monoisotopic (exact) mass is 516 g/mol. The van der Waals surface area contributed by atoms with Crippen LogP contribution in [0.4, 0.5) is 4.39 Å². The number of aryl methyl sites for hydroxylation is 3. The largest absolute Gasteiger partial charge is 0.357 e. The summed E-state index contributed by atoms with van der Waals surface area (Å²) < 4.78 is 15.4. The van der Waals surface area contributed by atoms with E-state index in [-0.39, 0.29) is 35.7 Å². The van der Waals surface area contributed by atoms with Crippen LogP contribution in [-0.2, 0) is 13.6 Å². The minimum Gasteiger partial charge on any atom is -0.357 e. The van der Waals surface area contributed by atoms with Gasteiger partial charge in [0.1, 0.15) is 5.82 Å². The fourth-order valence-electron chi connectivity index (χ4n) is 2.74. The summed E-state index contributed by atoms with van der Waals surface area (Å²) in [4.78, 5) is 16.7. The van der Waals surface area contributed by atoms with Crippen LogP contribution in [0.1, 0.15) is 39.8 Å². The van der Waals surface area contributed by atoms with E-state index in [1.807, 2.05) is 32.5 Å². The fraction of sp³-hybridized carbons (Fsp3) is 0.450. The second-order valence-electron chi connectivity index (χ2n) is 6.61. The van der Waals surface area contributed by atoms with Crippen LogP contribution in [0.15, 0.2) is 23.2 Å².